The predicted molar refractivity (Wildman–Crippen MR) is 73.5 cm³/mol. The molecule has 0 aromatic carbocycles. The number of nitrogens with one attached hydrogen (secondary N) is 1. The summed E-state index contributed by atoms with van der Waals surface area (Å²) in [5.41, 5.74) is 4.97. The molecule has 3 heterocycles. The number of hydrogen-bond acceptors (Lipinski definition) is 2. The van der Waals surface area contributed by atoms with Crippen LogP contribution >= 0.6 is 0 Å². The van der Waals surface area contributed by atoms with Gasteiger partial charge < -0.3 is 9.72 Å². The van der Waals surface area contributed by atoms with Crippen molar-refractivity contribution < 1.29 is 4.74 Å². The van der Waals surface area contributed by atoms with E-state index in [9.17, 15) is 0 Å². The van der Waals surface area contributed by atoms with E-state index in [1.165, 1.54) is 22.1 Å². The zero-order valence-electron chi connectivity index (χ0n) is 10.9. The Balaban J connectivity index is 2.04. The van der Waals surface area contributed by atoms with Crippen LogP contribution < -0.4 is 0 Å². The summed E-state index contributed by atoms with van der Waals surface area (Å²) in [7, 11) is 0. The molecule has 0 bridgehead atoms. The second kappa shape index (κ2) is 4.58. The predicted octanol–water partition coefficient (Wildman–Crippen LogP) is 3.45. The van der Waals surface area contributed by atoms with E-state index in [0.29, 0.717) is 6.10 Å². The largest absolute Gasteiger partial charge is 0.378 e. The van der Waals surface area contributed by atoms with Crippen LogP contribution in [0.3, 0.4) is 0 Å². The van der Waals surface area contributed by atoms with E-state index in [1.54, 1.807) is 0 Å². The van der Waals surface area contributed by atoms with E-state index >= 15 is 0 Å². The van der Waals surface area contributed by atoms with Crippen LogP contribution in [0.5, 0.6) is 0 Å². The quantitative estimate of drug-likeness (QED) is 0.831. The minimum absolute atomic E-state index is 0.342. The molecular weight excluding hydrogens is 224 g/mol. The fourth-order valence-electron chi connectivity index (χ4n) is 2.64. The minimum atomic E-state index is 0.342. The molecule has 94 valence electrons. The highest BCUT2D eigenvalue weighted by molar-refractivity contribution is 5.89. The SMILES string of the molecule is Cc1c[nH]c2nccc(/C=C3\CCOC(C)C3)c12. The fraction of sp³-hybridized carbons (Fsp3) is 0.400. The molecule has 2 aromatic heterocycles. The van der Waals surface area contributed by atoms with Crippen LogP contribution in [0, 0.1) is 6.92 Å². The Kier molecular flexibility index (Phi) is 2.92. The van der Waals surface area contributed by atoms with Gasteiger partial charge >= 0.3 is 0 Å². The van der Waals surface area contributed by atoms with Gasteiger partial charge in [-0.3, -0.25) is 0 Å². The lowest BCUT2D eigenvalue weighted by molar-refractivity contribution is 0.0492. The van der Waals surface area contributed by atoms with Gasteiger partial charge in [0.25, 0.3) is 0 Å². The first-order valence-electron chi connectivity index (χ1n) is 6.48. The molecule has 0 radical (unpaired) electrons. The van der Waals surface area contributed by atoms with E-state index in [-0.39, 0.29) is 0 Å². The molecular formula is C15H18N2O. The zero-order valence-corrected chi connectivity index (χ0v) is 10.9. The van der Waals surface area contributed by atoms with Crippen LogP contribution in [0.25, 0.3) is 17.1 Å². The van der Waals surface area contributed by atoms with E-state index in [4.69, 9.17) is 4.74 Å². The molecule has 0 amide bonds. The van der Waals surface area contributed by atoms with Gasteiger partial charge in [-0.2, -0.15) is 0 Å². The van der Waals surface area contributed by atoms with E-state index in [2.05, 4.69) is 36.0 Å². The van der Waals surface area contributed by atoms with Crippen molar-refractivity contribution >= 4 is 17.1 Å². The number of aromatic nitrogens is 2. The Hall–Kier alpha value is -1.61. The maximum Gasteiger partial charge on any atom is 0.138 e. The Morgan fingerprint density at radius 3 is 3.22 bits per heavy atom. The van der Waals surface area contributed by atoms with Gasteiger partial charge in [-0.05, 0) is 43.9 Å². The van der Waals surface area contributed by atoms with E-state index in [0.717, 1.165) is 25.1 Å². The second-order valence-electron chi connectivity index (χ2n) is 5.03. The molecule has 0 aliphatic carbocycles. The van der Waals surface area contributed by atoms with Crippen LogP contribution in [-0.2, 0) is 4.74 Å². The van der Waals surface area contributed by atoms with Crippen molar-refractivity contribution in [2.24, 2.45) is 0 Å². The van der Waals surface area contributed by atoms with Crippen LogP contribution in [0.1, 0.15) is 30.9 Å². The third-order valence-corrected chi connectivity index (χ3v) is 3.54. The highest BCUT2D eigenvalue weighted by Crippen LogP contribution is 2.26. The molecule has 1 fully saturated rings. The first kappa shape index (κ1) is 11.5. The molecule has 3 rings (SSSR count). The van der Waals surface area contributed by atoms with E-state index in [1.807, 2.05) is 12.4 Å². The summed E-state index contributed by atoms with van der Waals surface area (Å²) >= 11 is 0. The number of hydrogen-bond donors (Lipinski definition) is 1. The van der Waals surface area contributed by atoms with Crippen molar-refractivity contribution in [2.45, 2.75) is 32.8 Å². The number of rotatable bonds is 1. The Morgan fingerprint density at radius 1 is 1.50 bits per heavy atom. The summed E-state index contributed by atoms with van der Waals surface area (Å²) in [6.07, 6.45) is 8.61. The first-order valence-corrected chi connectivity index (χ1v) is 6.48. The van der Waals surface area contributed by atoms with Crippen LogP contribution in [0.2, 0.25) is 0 Å². The maximum atomic E-state index is 5.58. The normalized spacial score (nSPS) is 22.8. The topological polar surface area (TPSA) is 37.9 Å². The summed E-state index contributed by atoms with van der Waals surface area (Å²) in [6, 6.07) is 2.09. The molecule has 3 nitrogen and oxygen atoms in total. The van der Waals surface area contributed by atoms with Gasteiger partial charge in [-0.1, -0.05) is 11.6 Å². The molecule has 1 atom stereocenters. The maximum absolute atomic E-state index is 5.58. The first-order chi connectivity index (χ1) is 8.74. The highest BCUT2D eigenvalue weighted by Gasteiger charge is 2.13. The summed E-state index contributed by atoms with van der Waals surface area (Å²) in [6.45, 7) is 5.10. The van der Waals surface area contributed by atoms with Gasteiger partial charge in [0.05, 0.1) is 12.7 Å². The number of aromatic amines is 1. The van der Waals surface area contributed by atoms with Gasteiger partial charge in [0.2, 0.25) is 0 Å². The number of pyridine rings is 1. The lowest BCUT2D eigenvalue weighted by Gasteiger charge is -2.21. The lowest BCUT2D eigenvalue weighted by atomic mass is 9.99. The zero-order chi connectivity index (χ0) is 12.5. The Bertz CT molecular complexity index is 598. The molecule has 0 spiro atoms. The highest BCUT2D eigenvalue weighted by atomic mass is 16.5. The second-order valence-corrected chi connectivity index (χ2v) is 5.03. The van der Waals surface area contributed by atoms with Crippen LogP contribution in [0.15, 0.2) is 24.0 Å². The van der Waals surface area contributed by atoms with Gasteiger partial charge in [0.15, 0.2) is 0 Å². The van der Waals surface area contributed by atoms with Crippen molar-refractivity contribution in [1.82, 2.24) is 9.97 Å². The average molecular weight is 242 g/mol. The summed E-state index contributed by atoms with van der Waals surface area (Å²) < 4.78 is 5.58. The van der Waals surface area contributed by atoms with Gasteiger partial charge in [0.1, 0.15) is 5.65 Å². The monoisotopic (exact) mass is 242 g/mol. The molecule has 1 aliphatic rings. The number of aryl methyl sites for hydroxylation is 1. The van der Waals surface area contributed by atoms with Crippen molar-refractivity contribution in [3.63, 3.8) is 0 Å². The number of fused-ring (bicyclic) bond motifs is 1. The van der Waals surface area contributed by atoms with Crippen molar-refractivity contribution in [2.75, 3.05) is 6.61 Å². The lowest BCUT2D eigenvalue weighted by Crippen LogP contribution is -2.16. The summed E-state index contributed by atoms with van der Waals surface area (Å²) in [5, 5.41) is 1.24. The summed E-state index contributed by atoms with van der Waals surface area (Å²) in [5.74, 6) is 0. The van der Waals surface area contributed by atoms with Gasteiger partial charge in [-0.15, -0.1) is 0 Å². The van der Waals surface area contributed by atoms with Crippen molar-refractivity contribution in [3.05, 3.63) is 35.2 Å². The number of H-pyrrole nitrogens is 1. The van der Waals surface area contributed by atoms with Gasteiger partial charge in [0, 0.05) is 17.8 Å². The molecule has 18 heavy (non-hydrogen) atoms. The standard InChI is InChI=1S/C15H18N2O/c1-10-9-17-15-14(10)13(3-5-16-15)8-12-4-6-18-11(2)7-12/h3,5,8-9,11H,4,6-7H2,1-2H3,(H,16,17)/b12-8+. The fourth-order valence-corrected chi connectivity index (χ4v) is 2.64. The van der Waals surface area contributed by atoms with Crippen LogP contribution in [-0.4, -0.2) is 22.7 Å². The molecule has 0 saturated carbocycles. The van der Waals surface area contributed by atoms with Crippen molar-refractivity contribution in [1.29, 1.82) is 0 Å². The number of ether oxygens (including phenoxy) is 1. The molecule has 1 saturated heterocycles. The smallest absolute Gasteiger partial charge is 0.138 e. The third kappa shape index (κ3) is 2.06. The summed E-state index contributed by atoms with van der Waals surface area (Å²) in [4.78, 5) is 7.57. The molecule has 1 N–H and O–H groups in total. The molecule has 2 aromatic rings. The van der Waals surface area contributed by atoms with Crippen LogP contribution in [0.4, 0.5) is 0 Å². The van der Waals surface area contributed by atoms with E-state index < -0.39 is 0 Å². The van der Waals surface area contributed by atoms with Crippen molar-refractivity contribution in [3.8, 4) is 0 Å². The number of nitrogens with zero attached hydrogens (tertiary/aromatic N) is 1. The Morgan fingerprint density at radius 2 is 2.39 bits per heavy atom. The molecule has 1 unspecified atom stereocenters. The molecule has 3 heteroatoms. The average Bonchev–Trinajstić information content (AvgIpc) is 2.72. The Labute approximate surface area is 107 Å². The van der Waals surface area contributed by atoms with Gasteiger partial charge in [-0.25, -0.2) is 4.98 Å². The minimum Gasteiger partial charge on any atom is -0.378 e. The molecule has 1 aliphatic heterocycles. The third-order valence-electron chi connectivity index (χ3n) is 3.54.